The summed E-state index contributed by atoms with van der Waals surface area (Å²) in [5.74, 6) is -4.78. The lowest BCUT2D eigenvalue weighted by Crippen LogP contribution is -2.67. The van der Waals surface area contributed by atoms with Crippen molar-refractivity contribution in [1.29, 1.82) is 0 Å². The summed E-state index contributed by atoms with van der Waals surface area (Å²) >= 11 is 0. The summed E-state index contributed by atoms with van der Waals surface area (Å²) in [4.78, 5) is 23.5. The van der Waals surface area contributed by atoms with Gasteiger partial charge in [0, 0.05) is 11.5 Å². The molecule has 7 heteroatoms. The molecule has 0 aliphatic rings. The summed E-state index contributed by atoms with van der Waals surface area (Å²) in [5.41, 5.74) is -3.48. The van der Waals surface area contributed by atoms with Gasteiger partial charge in [-0.25, -0.2) is 4.79 Å². The van der Waals surface area contributed by atoms with E-state index >= 15 is 0 Å². The zero-order valence-electron chi connectivity index (χ0n) is 11.9. The fraction of sp³-hybridized carbons (Fsp3) is 0.333. The number of benzene rings is 1. The molecular weight excluding hydrogens is 299 g/mol. The number of carbonyl (C=O) groups excluding carboxylic acids is 1. The van der Waals surface area contributed by atoms with E-state index in [9.17, 15) is 27.9 Å². The number of alkyl halides is 3. The van der Waals surface area contributed by atoms with Crippen LogP contribution in [0.5, 0.6) is 0 Å². The second kappa shape index (κ2) is 6.64. The van der Waals surface area contributed by atoms with Gasteiger partial charge in [-0.1, -0.05) is 31.2 Å². The molecule has 0 saturated heterocycles. The molecular formula is C15H16F3NO3. The van der Waals surface area contributed by atoms with Crippen molar-refractivity contribution in [2.45, 2.75) is 25.1 Å². The lowest BCUT2D eigenvalue weighted by molar-refractivity contribution is -0.216. The van der Waals surface area contributed by atoms with E-state index in [1.54, 1.807) is 11.4 Å². The highest BCUT2D eigenvalue weighted by Gasteiger charge is 2.65. The summed E-state index contributed by atoms with van der Waals surface area (Å²) < 4.78 is 40.4. The van der Waals surface area contributed by atoms with Crippen LogP contribution >= 0.6 is 0 Å². The highest BCUT2D eigenvalue weighted by Crippen LogP contribution is 2.39. The zero-order valence-corrected chi connectivity index (χ0v) is 11.9. The number of carboxylic acid groups (broad SMARTS) is 1. The molecule has 1 aromatic carbocycles. The van der Waals surface area contributed by atoms with Gasteiger partial charge in [0.05, 0.1) is 0 Å². The van der Waals surface area contributed by atoms with Gasteiger partial charge in [0.15, 0.2) is 0 Å². The summed E-state index contributed by atoms with van der Waals surface area (Å²) in [6.45, 7) is 4.65. The molecule has 0 saturated carbocycles. The Bertz CT molecular complexity index is 557. The quantitative estimate of drug-likeness (QED) is 0.793. The summed E-state index contributed by atoms with van der Waals surface area (Å²) in [6.07, 6.45) is -4.44. The second-order valence-corrected chi connectivity index (χ2v) is 4.68. The number of carboxylic acids is 1. The molecule has 0 spiro atoms. The van der Waals surface area contributed by atoms with Crippen molar-refractivity contribution in [2.75, 3.05) is 0 Å². The van der Waals surface area contributed by atoms with Crippen molar-refractivity contribution in [1.82, 2.24) is 5.32 Å². The minimum absolute atomic E-state index is 0.0590. The van der Waals surface area contributed by atoms with E-state index in [1.807, 2.05) is 0 Å². The SMILES string of the molecule is C=CC(CC)C(NC(=O)c1ccccc1)(C(=O)O)C(F)(F)F. The molecule has 0 heterocycles. The normalized spacial score (nSPS) is 15.5. The fourth-order valence-corrected chi connectivity index (χ4v) is 2.20. The van der Waals surface area contributed by atoms with Gasteiger partial charge >= 0.3 is 12.1 Å². The topological polar surface area (TPSA) is 66.4 Å². The van der Waals surface area contributed by atoms with E-state index in [4.69, 9.17) is 0 Å². The van der Waals surface area contributed by atoms with Gasteiger partial charge in [0.1, 0.15) is 0 Å². The third-order valence-corrected chi connectivity index (χ3v) is 3.41. The van der Waals surface area contributed by atoms with E-state index in [1.165, 1.54) is 31.2 Å². The first-order valence-electron chi connectivity index (χ1n) is 6.51. The highest BCUT2D eigenvalue weighted by atomic mass is 19.4. The van der Waals surface area contributed by atoms with Crippen LogP contribution in [-0.4, -0.2) is 28.7 Å². The molecule has 0 aliphatic heterocycles. The number of amides is 1. The first-order valence-corrected chi connectivity index (χ1v) is 6.51. The van der Waals surface area contributed by atoms with Gasteiger partial charge in [-0.15, -0.1) is 6.58 Å². The van der Waals surface area contributed by atoms with E-state index in [0.29, 0.717) is 0 Å². The molecule has 0 aromatic heterocycles. The van der Waals surface area contributed by atoms with Crippen molar-refractivity contribution in [3.8, 4) is 0 Å². The highest BCUT2D eigenvalue weighted by molar-refractivity contribution is 5.98. The van der Waals surface area contributed by atoms with Gasteiger partial charge in [0.2, 0.25) is 5.54 Å². The fourth-order valence-electron chi connectivity index (χ4n) is 2.20. The number of hydrogen-bond acceptors (Lipinski definition) is 2. The van der Waals surface area contributed by atoms with E-state index < -0.39 is 29.5 Å². The van der Waals surface area contributed by atoms with Crippen LogP contribution in [0.2, 0.25) is 0 Å². The van der Waals surface area contributed by atoms with Crippen LogP contribution in [0.1, 0.15) is 23.7 Å². The Morgan fingerprint density at radius 1 is 1.32 bits per heavy atom. The maximum absolute atomic E-state index is 13.5. The molecule has 0 radical (unpaired) electrons. The van der Waals surface area contributed by atoms with Crippen LogP contribution in [0, 0.1) is 5.92 Å². The molecule has 0 aliphatic carbocycles. The summed E-state index contributed by atoms with van der Waals surface area (Å²) in [6, 6.07) is 7.12. The zero-order chi connectivity index (χ0) is 17.0. The molecule has 2 N–H and O–H groups in total. The van der Waals surface area contributed by atoms with E-state index in [2.05, 4.69) is 6.58 Å². The first kappa shape index (κ1) is 17.7. The summed E-state index contributed by atoms with van der Waals surface area (Å²) in [5, 5.41) is 10.9. The van der Waals surface area contributed by atoms with Crippen LogP contribution < -0.4 is 5.32 Å². The van der Waals surface area contributed by atoms with Gasteiger partial charge in [-0.05, 0) is 18.6 Å². The Labute approximate surface area is 125 Å². The molecule has 1 aromatic rings. The molecule has 0 fully saturated rings. The van der Waals surface area contributed by atoms with Crippen molar-refractivity contribution in [3.05, 3.63) is 48.6 Å². The Morgan fingerprint density at radius 3 is 2.23 bits per heavy atom. The van der Waals surface area contributed by atoms with Crippen LogP contribution in [-0.2, 0) is 4.79 Å². The van der Waals surface area contributed by atoms with Gasteiger partial charge in [-0.3, -0.25) is 4.79 Å². The Hall–Kier alpha value is -2.31. The van der Waals surface area contributed by atoms with E-state index in [0.717, 1.165) is 6.08 Å². The lowest BCUT2D eigenvalue weighted by atomic mass is 9.80. The second-order valence-electron chi connectivity index (χ2n) is 4.68. The molecule has 1 amide bonds. The standard InChI is InChI=1S/C15H16F3NO3/c1-3-11(4-2)14(13(21)22,15(16,17)18)19-12(20)10-8-6-5-7-9-10/h3,5-9,11H,1,4H2,2H3,(H,19,20)(H,21,22). The van der Waals surface area contributed by atoms with Crippen LogP contribution in [0.15, 0.2) is 43.0 Å². The molecule has 22 heavy (non-hydrogen) atoms. The lowest BCUT2D eigenvalue weighted by Gasteiger charge is -2.37. The first-order chi connectivity index (χ1) is 10.2. The van der Waals surface area contributed by atoms with Crippen molar-refractivity contribution < 1.29 is 27.9 Å². The average Bonchev–Trinajstić information content (AvgIpc) is 2.46. The monoisotopic (exact) mass is 315 g/mol. The minimum atomic E-state index is -5.18. The molecule has 2 unspecified atom stereocenters. The predicted molar refractivity (Wildman–Crippen MR) is 74.3 cm³/mol. The van der Waals surface area contributed by atoms with Gasteiger partial charge < -0.3 is 10.4 Å². The Morgan fingerprint density at radius 2 is 1.86 bits per heavy atom. The van der Waals surface area contributed by atoms with Gasteiger partial charge in [0.25, 0.3) is 5.91 Å². The van der Waals surface area contributed by atoms with Gasteiger partial charge in [-0.2, -0.15) is 13.2 Å². The average molecular weight is 315 g/mol. The maximum atomic E-state index is 13.5. The number of nitrogens with one attached hydrogen (secondary N) is 1. The number of hydrogen-bond donors (Lipinski definition) is 2. The van der Waals surface area contributed by atoms with Crippen molar-refractivity contribution >= 4 is 11.9 Å². The molecule has 4 nitrogen and oxygen atoms in total. The van der Waals surface area contributed by atoms with E-state index in [-0.39, 0.29) is 12.0 Å². The van der Waals surface area contributed by atoms with Crippen LogP contribution in [0.4, 0.5) is 13.2 Å². The minimum Gasteiger partial charge on any atom is -0.479 e. The van der Waals surface area contributed by atoms with Crippen molar-refractivity contribution in [3.63, 3.8) is 0 Å². The van der Waals surface area contributed by atoms with Crippen LogP contribution in [0.25, 0.3) is 0 Å². The largest absolute Gasteiger partial charge is 0.479 e. The third-order valence-electron chi connectivity index (χ3n) is 3.41. The Balaban J connectivity index is 3.35. The smallest absolute Gasteiger partial charge is 0.423 e. The number of carbonyl (C=O) groups is 2. The van der Waals surface area contributed by atoms with Crippen LogP contribution in [0.3, 0.4) is 0 Å². The Kier molecular flexibility index (Phi) is 5.35. The molecule has 0 bridgehead atoms. The maximum Gasteiger partial charge on any atom is 0.423 e. The molecule has 1 rings (SSSR count). The number of aliphatic carboxylic acids is 1. The number of rotatable bonds is 6. The molecule has 120 valence electrons. The third kappa shape index (κ3) is 3.13. The summed E-state index contributed by atoms with van der Waals surface area (Å²) in [7, 11) is 0. The van der Waals surface area contributed by atoms with Crippen molar-refractivity contribution in [2.24, 2.45) is 5.92 Å². The predicted octanol–water partition coefficient (Wildman–Crippen LogP) is 3.01. The number of halogens is 3. The molecule has 2 atom stereocenters.